The first kappa shape index (κ1) is 17.9. The fraction of sp³-hybridized carbons (Fsp3) is 0.118. The summed E-state index contributed by atoms with van der Waals surface area (Å²) in [5.41, 5.74) is 1.48. The van der Waals surface area contributed by atoms with Crippen LogP contribution in [0.15, 0.2) is 63.2 Å². The maximum atomic E-state index is 11.6. The van der Waals surface area contributed by atoms with Crippen molar-refractivity contribution < 1.29 is 13.0 Å². The molecule has 130 valence electrons. The van der Waals surface area contributed by atoms with Crippen LogP contribution in [0.5, 0.6) is 0 Å². The van der Waals surface area contributed by atoms with Gasteiger partial charge in [-0.05, 0) is 48.2 Å². The molecule has 5 nitrogen and oxygen atoms in total. The highest BCUT2D eigenvalue weighted by molar-refractivity contribution is 7.86. The number of aliphatic imine (C=N–C) groups is 1. The van der Waals surface area contributed by atoms with Gasteiger partial charge in [0.25, 0.3) is 10.1 Å². The predicted molar refractivity (Wildman–Crippen MR) is 102 cm³/mol. The van der Waals surface area contributed by atoms with Crippen molar-refractivity contribution in [2.45, 2.75) is 18.2 Å². The van der Waals surface area contributed by atoms with Crippen molar-refractivity contribution in [3.63, 3.8) is 0 Å². The van der Waals surface area contributed by atoms with Gasteiger partial charge in [0.2, 0.25) is 0 Å². The molecule has 8 heteroatoms. The zero-order chi connectivity index (χ0) is 18.2. The van der Waals surface area contributed by atoms with Gasteiger partial charge in [-0.15, -0.1) is 0 Å². The van der Waals surface area contributed by atoms with Gasteiger partial charge in [-0.1, -0.05) is 35.3 Å². The molecule has 1 aliphatic rings. The van der Waals surface area contributed by atoms with E-state index in [-0.39, 0.29) is 10.1 Å². The van der Waals surface area contributed by atoms with Gasteiger partial charge in [0.1, 0.15) is 15.9 Å². The Bertz CT molecular complexity index is 1060. The van der Waals surface area contributed by atoms with Crippen LogP contribution in [0.25, 0.3) is 10.8 Å². The van der Waals surface area contributed by atoms with E-state index in [4.69, 9.17) is 23.2 Å². The number of fused-ring (bicyclic) bond motifs is 1. The molecule has 0 radical (unpaired) electrons. The summed E-state index contributed by atoms with van der Waals surface area (Å²) in [6.45, 7) is 1.86. The highest BCUT2D eigenvalue weighted by Crippen LogP contribution is 2.30. The van der Waals surface area contributed by atoms with E-state index in [1.54, 1.807) is 30.4 Å². The van der Waals surface area contributed by atoms with Crippen molar-refractivity contribution in [3.05, 3.63) is 58.9 Å². The topological polar surface area (TPSA) is 78.8 Å². The number of nitrogens with zero attached hydrogens (tertiary/aromatic N) is 1. The Morgan fingerprint density at radius 1 is 1.20 bits per heavy atom. The van der Waals surface area contributed by atoms with E-state index in [0.717, 1.165) is 10.9 Å². The maximum absolute atomic E-state index is 11.6. The Morgan fingerprint density at radius 3 is 2.68 bits per heavy atom. The van der Waals surface area contributed by atoms with Gasteiger partial charge in [0, 0.05) is 22.5 Å². The Labute approximate surface area is 155 Å². The number of hydrogen-bond donors (Lipinski definition) is 2. The SMILES string of the molecule is Cc1cc(NC2=CCC(Cl)=CC(Cl)=N2)cc2c(S(=O)(=O)O)cccc12. The average Bonchev–Trinajstić information content (AvgIpc) is 2.66. The average molecular weight is 397 g/mol. The second kappa shape index (κ2) is 6.80. The number of aryl methyl sites for hydroxylation is 1. The molecule has 2 aromatic carbocycles. The molecular weight excluding hydrogens is 383 g/mol. The second-order valence-electron chi connectivity index (χ2n) is 5.56. The molecule has 0 bridgehead atoms. The zero-order valence-electron chi connectivity index (χ0n) is 13.1. The quantitative estimate of drug-likeness (QED) is 0.729. The normalized spacial score (nSPS) is 15.3. The van der Waals surface area contributed by atoms with Gasteiger partial charge < -0.3 is 5.32 Å². The monoisotopic (exact) mass is 396 g/mol. The fourth-order valence-corrected chi connectivity index (χ4v) is 3.80. The molecule has 0 saturated carbocycles. The fourth-order valence-electron chi connectivity index (χ4n) is 2.64. The Hall–Kier alpha value is -1.86. The van der Waals surface area contributed by atoms with Crippen molar-refractivity contribution >= 4 is 55.0 Å². The van der Waals surface area contributed by atoms with Crippen LogP contribution in [0.3, 0.4) is 0 Å². The van der Waals surface area contributed by atoms with Crippen molar-refractivity contribution in [2.24, 2.45) is 4.99 Å². The minimum Gasteiger partial charge on any atom is -0.340 e. The third-order valence-electron chi connectivity index (χ3n) is 3.71. The smallest absolute Gasteiger partial charge is 0.295 e. The largest absolute Gasteiger partial charge is 0.340 e. The summed E-state index contributed by atoms with van der Waals surface area (Å²) in [4.78, 5) is 4.07. The molecule has 2 N–H and O–H groups in total. The van der Waals surface area contributed by atoms with E-state index in [1.807, 2.05) is 13.0 Å². The van der Waals surface area contributed by atoms with Gasteiger partial charge in [0.15, 0.2) is 0 Å². The molecule has 0 saturated heterocycles. The van der Waals surface area contributed by atoms with Crippen LogP contribution in [0, 0.1) is 6.92 Å². The number of benzene rings is 2. The molecule has 0 fully saturated rings. The lowest BCUT2D eigenvalue weighted by atomic mass is 10.0. The summed E-state index contributed by atoms with van der Waals surface area (Å²) in [5, 5.41) is 5.08. The molecule has 1 aliphatic heterocycles. The van der Waals surface area contributed by atoms with E-state index in [9.17, 15) is 13.0 Å². The van der Waals surface area contributed by atoms with Crippen LogP contribution in [0.4, 0.5) is 5.69 Å². The summed E-state index contributed by atoms with van der Waals surface area (Å²) < 4.78 is 32.8. The van der Waals surface area contributed by atoms with Crippen LogP contribution < -0.4 is 5.32 Å². The lowest BCUT2D eigenvalue weighted by Gasteiger charge is -2.12. The summed E-state index contributed by atoms with van der Waals surface area (Å²) in [6.07, 6.45) is 3.82. The number of anilines is 1. The molecule has 1 heterocycles. The van der Waals surface area contributed by atoms with Gasteiger partial charge >= 0.3 is 0 Å². The second-order valence-corrected chi connectivity index (χ2v) is 7.83. The minimum absolute atomic E-state index is 0.141. The molecule has 0 aromatic heterocycles. The Kier molecular flexibility index (Phi) is 4.88. The first-order valence-corrected chi connectivity index (χ1v) is 9.52. The van der Waals surface area contributed by atoms with E-state index in [0.29, 0.717) is 28.3 Å². The Balaban J connectivity index is 2.08. The first-order valence-electron chi connectivity index (χ1n) is 7.32. The molecule has 3 rings (SSSR count). The van der Waals surface area contributed by atoms with Gasteiger partial charge in [-0.2, -0.15) is 8.42 Å². The van der Waals surface area contributed by atoms with Crippen molar-refractivity contribution in [1.82, 2.24) is 0 Å². The first-order chi connectivity index (χ1) is 11.7. The third-order valence-corrected chi connectivity index (χ3v) is 5.08. The van der Waals surface area contributed by atoms with Crippen molar-refractivity contribution in [2.75, 3.05) is 5.32 Å². The molecule has 0 amide bonds. The lowest BCUT2D eigenvalue weighted by molar-refractivity contribution is 0.484. The molecule has 0 aliphatic carbocycles. The number of hydrogen-bond acceptors (Lipinski definition) is 4. The highest BCUT2D eigenvalue weighted by atomic mass is 35.5. The summed E-state index contributed by atoms with van der Waals surface area (Å²) in [6, 6.07) is 8.27. The summed E-state index contributed by atoms with van der Waals surface area (Å²) in [5.74, 6) is 0.500. The van der Waals surface area contributed by atoms with Gasteiger partial charge in [0.05, 0.1) is 0 Å². The molecule has 2 aromatic rings. The van der Waals surface area contributed by atoms with Crippen LogP contribution in [-0.4, -0.2) is 18.1 Å². The number of rotatable bonds is 3. The molecular formula is C17H14Cl2N2O3S. The van der Waals surface area contributed by atoms with Crippen molar-refractivity contribution in [1.29, 1.82) is 0 Å². The minimum atomic E-state index is -4.33. The maximum Gasteiger partial charge on any atom is 0.295 e. The highest BCUT2D eigenvalue weighted by Gasteiger charge is 2.15. The van der Waals surface area contributed by atoms with Gasteiger partial charge in [-0.25, -0.2) is 4.99 Å². The molecule has 0 spiro atoms. The summed E-state index contributed by atoms with van der Waals surface area (Å²) in [7, 11) is -4.33. The lowest BCUT2D eigenvalue weighted by Crippen LogP contribution is -2.02. The third kappa shape index (κ3) is 4.04. The van der Waals surface area contributed by atoms with E-state index in [1.165, 1.54) is 6.07 Å². The van der Waals surface area contributed by atoms with Gasteiger partial charge in [-0.3, -0.25) is 4.55 Å². The number of nitrogens with one attached hydrogen (secondary N) is 1. The van der Waals surface area contributed by atoms with Crippen LogP contribution >= 0.6 is 23.2 Å². The standard InChI is InChI=1S/C17H14Cl2N2O3S/c1-10-7-12(20-17-6-5-11(18)8-16(19)21-17)9-14-13(10)3-2-4-15(14)25(22,23)24/h2-4,6-9,20H,5H2,1H3,(H,22,23,24). The number of halogens is 2. The van der Waals surface area contributed by atoms with E-state index in [2.05, 4.69) is 10.3 Å². The number of allylic oxidation sites excluding steroid dienone is 3. The van der Waals surface area contributed by atoms with Crippen molar-refractivity contribution in [3.8, 4) is 0 Å². The molecule has 0 atom stereocenters. The zero-order valence-corrected chi connectivity index (χ0v) is 15.5. The van der Waals surface area contributed by atoms with Crippen LogP contribution in [0.1, 0.15) is 12.0 Å². The Morgan fingerprint density at radius 2 is 1.96 bits per heavy atom. The summed E-state index contributed by atoms with van der Waals surface area (Å²) >= 11 is 12.0. The molecule has 0 unspecified atom stereocenters. The van der Waals surface area contributed by atoms with Crippen LogP contribution in [-0.2, 0) is 10.1 Å². The van der Waals surface area contributed by atoms with E-state index < -0.39 is 10.1 Å². The van der Waals surface area contributed by atoms with Crippen LogP contribution in [0.2, 0.25) is 0 Å². The molecule has 25 heavy (non-hydrogen) atoms. The predicted octanol–water partition coefficient (Wildman–Crippen LogP) is 4.81. The van der Waals surface area contributed by atoms with E-state index >= 15 is 0 Å².